The summed E-state index contributed by atoms with van der Waals surface area (Å²) in [6.07, 6.45) is 1.24. The first-order chi connectivity index (χ1) is 10.2. The largest absolute Gasteiger partial charge is 0.464 e. The maximum Gasteiger partial charge on any atom is 0.200 e. The molecule has 3 aromatic rings. The van der Waals surface area contributed by atoms with Crippen molar-refractivity contribution >= 4 is 11.5 Å². The monoisotopic (exact) mass is 284 g/mol. The maximum atomic E-state index is 5.93. The molecule has 0 unspecified atom stereocenters. The zero-order chi connectivity index (χ0) is 14.4. The molecule has 3 aromatic heterocycles. The molecule has 21 heavy (non-hydrogen) atoms. The Balaban J connectivity index is 1.51. The van der Waals surface area contributed by atoms with Gasteiger partial charge in [-0.15, -0.1) is 14.8 Å². The summed E-state index contributed by atoms with van der Waals surface area (Å²) in [5.41, 5.74) is 0.634. The normalized spacial score (nSPS) is 20.9. The van der Waals surface area contributed by atoms with Crippen LogP contribution in [0, 0.1) is 5.92 Å². The quantitative estimate of drug-likeness (QED) is 0.728. The summed E-state index contributed by atoms with van der Waals surface area (Å²) in [6, 6.07) is 7.89. The molecule has 0 N–H and O–H groups in total. The molecule has 0 bridgehead atoms. The Labute approximate surface area is 121 Å². The van der Waals surface area contributed by atoms with Crippen molar-refractivity contribution in [1.82, 2.24) is 25.3 Å². The van der Waals surface area contributed by atoms with Crippen molar-refractivity contribution in [3.05, 3.63) is 35.8 Å². The van der Waals surface area contributed by atoms with Crippen LogP contribution in [0.1, 0.15) is 30.8 Å². The van der Waals surface area contributed by atoms with E-state index in [9.17, 15) is 0 Å². The zero-order valence-corrected chi connectivity index (χ0v) is 12.0. The van der Waals surface area contributed by atoms with Gasteiger partial charge in [0.15, 0.2) is 11.5 Å². The molecule has 0 radical (unpaired) electrons. The van der Waals surface area contributed by atoms with E-state index < -0.39 is 0 Å². The van der Waals surface area contributed by atoms with Crippen LogP contribution in [0.15, 0.2) is 28.7 Å². The van der Waals surface area contributed by atoms with Crippen molar-refractivity contribution in [3.8, 4) is 0 Å². The van der Waals surface area contributed by atoms with Gasteiger partial charge in [0.1, 0.15) is 11.5 Å². The summed E-state index contributed by atoms with van der Waals surface area (Å²) >= 11 is 0. The van der Waals surface area contributed by atoms with Crippen LogP contribution in [0.5, 0.6) is 0 Å². The van der Waals surface area contributed by atoms with E-state index in [4.69, 9.17) is 4.42 Å². The fraction of sp³-hybridized carbons (Fsp3) is 0.429. The van der Waals surface area contributed by atoms with Crippen LogP contribution < -0.4 is 4.90 Å². The van der Waals surface area contributed by atoms with E-state index in [0.29, 0.717) is 18.1 Å². The highest BCUT2D eigenvalue weighted by molar-refractivity contribution is 5.43. The fourth-order valence-electron chi connectivity index (χ4n) is 2.56. The number of aromatic nitrogens is 5. The van der Waals surface area contributed by atoms with Gasteiger partial charge < -0.3 is 9.32 Å². The van der Waals surface area contributed by atoms with Crippen molar-refractivity contribution in [2.24, 2.45) is 5.92 Å². The van der Waals surface area contributed by atoms with Gasteiger partial charge in [-0.2, -0.15) is 0 Å². The molecule has 108 valence electrons. The van der Waals surface area contributed by atoms with Crippen LogP contribution in [0.2, 0.25) is 0 Å². The molecule has 4 rings (SSSR count). The zero-order valence-electron chi connectivity index (χ0n) is 12.0. The average molecular weight is 284 g/mol. The lowest BCUT2D eigenvalue weighted by atomic mass is 10.3. The van der Waals surface area contributed by atoms with E-state index >= 15 is 0 Å². The second-order valence-electron chi connectivity index (χ2n) is 5.70. The number of nitrogens with zero attached hydrogens (tertiary/aromatic N) is 6. The predicted molar refractivity (Wildman–Crippen MR) is 75.9 cm³/mol. The highest BCUT2D eigenvalue weighted by Gasteiger charge is 2.36. The van der Waals surface area contributed by atoms with Gasteiger partial charge in [0.05, 0.1) is 6.54 Å². The molecule has 0 amide bonds. The first-order valence-electron chi connectivity index (χ1n) is 7.06. The minimum Gasteiger partial charge on any atom is -0.464 e. The van der Waals surface area contributed by atoms with Crippen molar-refractivity contribution in [2.75, 3.05) is 11.9 Å². The second-order valence-corrected chi connectivity index (χ2v) is 5.70. The van der Waals surface area contributed by atoms with Crippen LogP contribution in [-0.2, 0) is 6.54 Å². The SMILES string of the molecule is C[C@H]1C[C@@H]1c1ccc(CN(C)c2ccc3nnnn3n2)o1. The van der Waals surface area contributed by atoms with Crippen LogP contribution in [-0.4, -0.2) is 32.3 Å². The third-order valence-corrected chi connectivity index (χ3v) is 4.00. The summed E-state index contributed by atoms with van der Waals surface area (Å²) in [7, 11) is 1.97. The van der Waals surface area contributed by atoms with Crippen LogP contribution in [0.4, 0.5) is 5.82 Å². The molecule has 0 saturated heterocycles. The molecular formula is C14H16N6O. The van der Waals surface area contributed by atoms with E-state index in [2.05, 4.69) is 33.6 Å². The molecule has 0 aromatic carbocycles. The standard InChI is InChI=1S/C14H16N6O/c1-9-7-11(9)12-4-3-10(21-12)8-19(2)14-6-5-13-15-17-18-20(13)16-14/h3-6,9,11H,7-8H2,1-2H3/t9-,11-/m0/s1. The van der Waals surface area contributed by atoms with Gasteiger partial charge in [-0.25, -0.2) is 0 Å². The van der Waals surface area contributed by atoms with Crippen LogP contribution >= 0.6 is 0 Å². The minimum absolute atomic E-state index is 0.611. The van der Waals surface area contributed by atoms with Gasteiger partial charge in [0.2, 0.25) is 0 Å². The Morgan fingerprint density at radius 3 is 3.00 bits per heavy atom. The first kappa shape index (κ1) is 12.3. The van der Waals surface area contributed by atoms with Crippen LogP contribution in [0.3, 0.4) is 0 Å². The Bertz CT molecular complexity index is 778. The van der Waals surface area contributed by atoms with Crippen molar-refractivity contribution < 1.29 is 4.42 Å². The van der Waals surface area contributed by atoms with Gasteiger partial charge in [-0.3, -0.25) is 0 Å². The topological polar surface area (TPSA) is 72.4 Å². The lowest BCUT2D eigenvalue weighted by Crippen LogP contribution is -2.18. The molecular weight excluding hydrogens is 268 g/mol. The third-order valence-electron chi connectivity index (χ3n) is 4.00. The van der Waals surface area contributed by atoms with Gasteiger partial charge >= 0.3 is 0 Å². The van der Waals surface area contributed by atoms with E-state index in [0.717, 1.165) is 23.3 Å². The summed E-state index contributed by atoms with van der Waals surface area (Å²) in [5.74, 6) is 4.22. The van der Waals surface area contributed by atoms with E-state index in [1.165, 1.54) is 11.1 Å². The number of rotatable bonds is 4. The molecule has 7 heteroatoms. The predicted octanol–water partition coefficient (Wildman–Crippen LogP) is 1.87. The number of furan rings is 1. The summed E-state index contributed by atoms with van der Waals surface area (Å²) < 4.78 is 7.35. The van der Waals surface area contributed by atoms with E-state index in [1.807, 2.05) is 30.1 Å². The highest BCUT2D eigenvalue weighted by atomic mass is 16.3. The molecule has 1 saturated carbocycles. The van der Waals surface area contributed by atoms with E-state index in [1.54, 1.807) is 0 Å². The van der Waals surface area contributed by atoms with Crippen LogP contribution in [0.25, 0.3) is 5.65 Å². The molecule has 2 atom stereocenters. The highest BCUT2D eigenvalue weighted by Crippen LogP contribution is 2.47. The van der Waals surface area contributed by atoms with Crippen molar-refractivity contribution in [3.63, 3.8) is 0 Å². The average Bonchev–Trinajstić information content (AvgIpc) is 2.92. The number of fused-ring (bicyclic) bond motifs is 1. The van der Waals surface area contributed by atoms with E-state index in [-0.39, 0.29) is 0 Å². The number of anilines is 1. The summed E-state index contributed by atoms with van der Waals surface area (Å²) in [6.45, 7) is 2.92. The molecule has 1 aliphatic rings. The van der Waals surface area contributed by atoms with Gasteiger partial charge in [0.25, 0.3) is 0 Å². The fourth-order valence-corrected chi connectivity index (χ4v) is 2.56. The van der Waals surface area contributed by atoms with Gasteiger partial charge in [0, 0.05) is 13.0 Å². The van der Waals surface area contributed by atoms with Gasteiger partial charge in [-0.1, -0.05) is 6.92 Å². The Kier molecular flexibility index (Phi) is 2.66. The Morgan fingerprint density at radius 1 is 1.33 bits per heavy atom. The third kappa shape index (κ3) is 2.24. The Hall–Kier alpha value is -2.44. The molecule has 0 spiro atoms. The first-order valence-corrected chi connectivity index (χ1v) is 7.06. The Morgan fingerprint density at radius 2 is 2.19 bits per heavy atom. The summed E-state index contributed by atoms with van der Waals surface area (Å²) in [4.78, 5) is 2.01. The molecule has 7 nitrogen and oxygen atoms in total. The molecule has 1 aliphatic carbocycles. The lowest BCUT2D eigenvalue weighted by Gasteiger charge is -2.15. The van der Waals surface area contributed by atoms with Gasteiger partial charge in [-0.05, 0) is 47.0 Å². The van der Waals surface area contributed by atoms with Crippen molar-refractivity contribution in [2.45, 2.75) is 25.8 Å². The minimum atomic E-state index is 0.611. The number of hydrogen-bond acceptors (Lipinski definition) is 6. The molecule has 0 aliphatic heterocycles. The second kappa shape index (κ2) is 4.54. The molecule has 1 fully saturated rings. The number of tetrazole rings is 1. The smallest absolute Gasteiger partial charge is 0.200 e. The molecule has 3 heterocycles. The maximum absolute atomic E-state index is 5.93. The number of hydrogen-bond donors (Lipinski definition) is 0. The summed E-state index contributed by atoms with van der Waals surface area (Å²) in [5, 5.41) is 15.6. The lowest BCUT2D eigenvalue weighted by molar-refractivity contribution is 0.460. The van der Waals surface area contributed by atoms with Crippen molar-refractivity contribution in [1.29, 1.82) is 0 Å².